The summed E-state index contributed by atoms with van der Waals surface area (Å²) in [4.78, 5) is 21.3. The number of ether oxygens (including phenoxy) is 2. The first-order chi connectivity index (χ1) is 14.1. The molecule has 0 amide bonds. The topological polar surface area (TPSA) is 103 Å². The van der Waals surface area contributed by atoms with Crippen LogP contribution in [0.15, 0.2) is 6.20 Å². The van der Waals surface area contributed by atoms with Gasteiger partial charge in [0, 0.05) is 37.8 Å². The third kappa shape index (κ3) is 3.23. The number of hydrogen-bond donors (Lipinski definition) is 1. The van der Waals surface area contributed by atoms with Crippen LogP contribution in [0.5, 0.6) is 0 Å². The van der Waals surface area contributed by atoms with Crippen molar-refractivity contribution in [3.63, 3.8) is 0 Å². The van der Waals surface area contributed by atoms with Crippen molar-refractivity contribution in [3.05, 3.63) is 17.5 Å². The first-order valence-electron chi connectivity index (χ1n) is 9.60. The first-order valence-corrected chi connectivity index (χ1v) is 9.60. The summed E-state index contributed by atoms with van der Waals surface area (Å²) in [5.41, 5.74) is 6.20. The fourth-order valence-electron chi connectivity index (χ4n) is 4.12. The minimum Gasteiger partial charge on any atom is -0.378 e. The van der Waals surface area contributed by atoms with E-state index in [1.165, 1.54) is 6.20 Å². The zero-order chi connectivity index (χ0) is 20.0. The number of fused-ring (bicyclic) bond motifs is 3. The highest BCUT2D eigenvalue weighted by atomic mass is 19.3. The fraction of sp³-hybridized carbons (Fsp3) is 0.556. The highest BCUT2D eigenvalue weighted by Crippen LogP contribution is 2.40. The summed E-state index contributed by atoms with van der Waals surface area (Å²) in [6.07, 6.45) is -0.766. The normalized spacial score (nSPS) is 21.4. The lowest BCUT2D eigenvalue weighted by Gasteiger charge is -2.31. The van der Waals surface area contributed by atoms with Crippen molar-refractivity contribution < 1.29 is 18.3 Å². The third-order valence-corrected chi connectivity index (χ3v) is 5.50. The summed E-state index contributed by atoms with van der Waals surface area (Å²) in [6.45, 7) is 4.48. The molecule has 11 heteroatoms. The molecular formula is C18H21F2N7O2. The maximum Gasteiger partial charge on any atom is 0.281 e. The predicted octanol–water partition coefficient (Wildman–Crippen LogP) is 1.05. The lowest BCUT2D eigenvalue weighted by molar-refractivity contribution is 0.0973. The number of anilines is 3. The van der Waals surface area contributed by atoms with Crippen molar-refractivity contribution in [1.29, 1.82) is 0 Å². The molecular weight excluding hydrogens is 384 g/mol. The Morgan fingerprint density at radius 1 is 1.03 bits per heavy atom. The molecule has 3 aliphatic rings. The maximum absolute atomic E-state index is 13.6. The summed E-state index contributed by atoms with van der Waals surface area (Å²) in [5, 5.41) is 0. The van der Waals surface area contributed by atoms with Gasteiger partial charge >= 0.3 is 0 Å². The lowest BCUT2D eigenvalue weighted by atomic mass is 10.1. The summed E-state index contributed by atoms with van der Waals surface area (Å²) in [6, 6.07) is 0.181. The lowest BCUT2D eigenvalue weighted by Crippen LogP contribution is -2.43. The van der Waals surface area contributed by atoms with Gasteiger partial charge in [-0.05, 0) is 0 Å². The summed E-state index contributed by atoms with van der Waals surface area (Å²) >= 11 is 0. The molecule has 5 rings (SSSR count). The molecule has 2 aromatic heterocycles. The Kier molecular flexibility index (Phi) is 4.63. The monoisotopic (exact) mass is 405 g/mol. The van der Waals surface area contributed by atoms with Crippen LogP contribution in [0.4, 0.5) is 26.4 Å². The van der Waals surface area contributed by atoms with Gasteiger partial charge in [-0.3, -0.25) is 0 Å². The molecule has 9 nitrogen and oxygen atoms in total. The van der Waals surface area contributed by atoms with Crippen LogP contribution in [-0.4, -0.2) is 72.0 Å². The fourth-order valence-corrected chi connectivity index (χ4v) is 4.12. The Morgan fingerprint density at radius 2 is 1.79 bits per heavy atom. The smallest absolute Gasteiger partial charge is 0.281 e. The van der Waals surface area contributed by atoms with Gasteiger partial charge in [0.25, 0.3) is 6.43 Å². The molecule has 0 aromatic carbocycles. The minimum absolute atomic E-state index is 0.100. The molecule has 2 saturated heterocycles. The van der Waals surface area contributed by atoms with Crippen LogP contribution in [0.25, 0.3) is 11.4 Å². The standard InChI is InChI=1S/C18H21F2N7O2/c19-14(20)13-12(8-22-18(21)23-13)15-24-16(26-1-4-28-5-2-26)11-7-10-9-29-6-3-27(10)17(11)25-15/h8,10,14H,1-7,9H2,(H2,21,22,23)/t10-/m0/s1. The Bertz CT molecular complexity index is 923. The van der Waals surface area contributed by atoms with E-state index in [1.54, 1.807) is 0 Å². The molecule has 2 aromatic rings. The second kappa shape index (κ2) is 7.30. The Balaban J connectivity index is 1.66. The van der Waals surface area contributed by atoms with E-state index in [9.17, 15) is 8.78 Å². The molecule has 0 bridgehead atoms. The van der Waals surface area contributed by atoms with E-state index in [0.717, 1.165) is 23.6 Å². The van der Waals surface area contributed by atoms with E-state index in [1.807, 2.05) is 0 Å². The van der Waals surface area contributed by atoms with E-state index < -0.39 is 12.1 Å². The zero-order valence-corrected chi connectivity index (χ0v) is 15.7. The van der Waals surface area contributed by atoms with Gasteiger partial charge in [0.2, 0.25) is 5.95 Å². The second-order valence-corrected chi connectivity index (χ2v) is 7.23. The van der Waals surface area contributed by atoms with Crippen LogP contribution in [0, 0.1) is 0 Å². The number of nitrogen functional groups attached to an aromatic ring is 1. The average Bonchev–Trinajstić information content (AvgIpc) is 3.12. The highest BCUT2D eigenvalue weighted by molar-refractivity contribution is 5.71. The van der Waals surface area contributed by atoms with Crippen LogP contribution >= 0.6 is 0 Å². The molecule has 0 unspecified atom stereocenters. The molecule has 2 N–H and O–H groups in total. The highest BCUT2D eigenvalue weighted by Gasteiger charge is 2.37. The summed E-state index contributed by atoms with van der Waals surface area (Å²) < 4.78 is 38.4. The van der Waals surface area contributed by atoms with Crippen molar-refractivity contribution in [2.45, 2.75) is 18.9 Å². The average molecular weight is 405 g/mol. The molecule has 154 valence electrons. The molecule has 0 aliphatic carbocycles. The van der Waals surface area contributed by atoms with Gasteiger partial charge in [0.15, 0.2) is 5.82 Å². The molecule has 2 fully saturated rings. The molecule has 5 heterocycles. The first kappa shape index (κ1) is 18.4. The van der Waals surface area contributed by atoms with E-state index in [0.29, 0.717) is 46.1 Å². The molecule has 0 saturated carbocycles. The zero-order valence-electron chi connectivity index (χ0n) is 15.7. The van der Waals surface area contributed by atoms with Gasteiger partial charge < -0.3 is 25.0 Å². The van der Waals surface area contributed by atoms with Gasteiger partial charge in [-0.25, -0.2) is 28.7 Å². The number of nitrogens with two attached hydrogens (primary N) is 1. The number of hydrogen-bond acceptors (Lipinski definition) is 9. The van der Waals surface area contributed by atoms with Crippen LogP contribution < -0.4 is 15.5 Å². The van der Waals surface area contributed by atoms with Crippen LogP contribution in [0.1, 0.15) is 17.7 Å². The van der Waals surface area contributed by atoms with Crippen molar-refractivity contribution in [2.75, 3.05) is 61.6 Å². The number of aromatic nitrogens is 4. The van der Waals surface area contributed by atoms with Gasteiger partial charge in [-0.1, -0.05) is 0 Å². The minimum atomic E-state index is -2.81. The van der Waals surface area contributed by atoms with Gasteiger partial charge in [0.05, 0.1) is 38.0 Å². The summed E-state index contributed by atoms with van der Waals surface area (Å²) in [7, 11) is 0. The Labute approximate surface area is 165 Å². The molecule has 29 heavy (non-hydrogen) atoms. The molecule has 0 radical (unpaired) electrons. The number of alkyl halides is 2. The number of nitrogens with zero attached hydrogens (tertiary/aromatic N) is 6. The van der Waals surface area contributed by atoms with Gasteiger partial charge in [-0.2, -0.15) is 0 Å². The van der Waals surface area contributed by atoms with Crippen molar-refractivity contribution in [1.82, 2.24) is 19.9 Å². The Morgan fingerprint density at radius 3 is 2.59 bits per heavy atom. The van der Waals surface area contributed by atoms with E-state index in [2.05, 4.69) is 24.8 Å². The third-order valence-electron chi connectivity index (χ3n) is 5.50. The molecule has 1 atom stereocenters. The maximum atomic E-state index is 13.6. The quantitative estimate of drug-likeness (QED) is 0.803. The van der Waals surface area contributed by atoms with E-state index in [4.69, 9.17) is 20.2 Å². The number of morpholine rings is 2. The summed E-state index contributed by atoms with van der Waals surface area (Å²) in [5.74, 6) is 1.53. The van der Waals surface area contributed by atoms with Crippen molar-refractivity contribution in [2.24, 2.45) is 0 Å². The van der Waals surface area contributed by atoms with Crippen molar-refractivity contribution in [3.8, 4) is 11.4 Å². The number of halogens is 2. The number of rotatable bonds is 3. The van der Waals surface area contributed by atoms with Crippen molar-refractivity contribution >= 4 is 17.6 Å². The van der Waals surface area contributed by atoms with Gasteiger partial charge in [-0.15, -0.1) is 0 Å². The van der Waals surface area contributed by atoms with E-state index in [-0.39, 0.29) is 23.4 Å². The molecule has 3 aliphatic heterocycles. The van der Waals surface area contributed by atoms with Gasteiger partial charge in [0.1, 0.15) is 17.3 Å². The molecule has 0 spiro atoms. The second-order valence-electron chi connectivity index (χ2n) is 7.23. The van der Waals surface area contributed by atoms with E-state index >= 15 is 0 Å². The van der Waals surface area contributed by atoms with Crippen LogP contribution in [-0.2, 0) is 15.9 Å². The Hall–Kier alpha value is -2.66. The van der Waals surface area contributed by atoms with Crippen LogP contribution in [0.3, 0.4) is 0 Å². The predicted molar refractivity (Wildman–Crippen MR) is 101 cm³/mol. The largest absolute Gasteiger partial charge is 0.378 e. The SMILES string of the molecule is Nc1ncc(-c2nc(N3CCOCC3)c3c(n2)N2CCOC[C@@H]2C3)c(C(F)F)n1. The van der Waals surface area contributed by atoms with Crippen LogP contribution in [0.2, 0.25) is 0 Å².